The van der Waals surface area contributed by atoms with Gasteiger partial charge in [0, 0.05) is 24.0 Å². The fourth-order valence-electron chi connectivity index (χ4n) is 3.63. The Hall–Kier alpha value is -3.60. The summed E-state index contributed by atoms with van der Waals surface area (Å²) in [6, 6.07) is 6.12. The van der Waals surface area contributed by atoms with E-state index in [1.165, 1.54) is 32.6 Å². The van der Waals surface area contributed by atoms with Crippen molar-refractivity contribution in [1.29, 1.82) is 0 Å². The van der Waals surface area contributed by atoms with Gasteiger partial charge in [0.15, 0.2) is 16.6 Å². The molecule has 0 aliphatic carbocycles. The highest BCUT2D eigenvalue weighted by molar-refractivity contribution is 7.80. The van der Waals surface area contributed by atoms with Gasteiger partial charge in [-0.1, -0.05) is 17.3 Å². The van der Waals surface area contributed by atoms with Crippen molar-refractivity contribution in [3.63, 3.8) is 0 Å². The molecule has 2 aromatic rings. The first kappa shape index (κ1) is 21.6. The summed E-state index contributed by atoms with van der Waals surface area (Å²) in [5, 5.41) is 8.28. The SMILES string of the molecule is COc1c(C[C@@H]2CC(c3ccc(F)cc3)=NO2)c(/C=N\NC(N)=S)c2c(c1OC)OCO2. The first-order chi connectivity index (χ1) is 15.5. The molecule has 168 valence electrons. The third kappa shape index (κ3) is 4.24. The first-order valence-electron chi connectivity index (χ1n) is 9.65. The maximum absolute atomic E-state index is 13.2. The van der Waals surface area contributed by atoms with Gasteiger partial charge in [-0.3, -0.25) is 5.43 Å². The number of nitrogens with two attached hydrogens (primary N) is 1. The van der Waals surface area contributed by atoms with E-state index in [1.807, 2.05) is 0 Å². The van der Waals surface area contributed by atoms with E-state index in [0.29, 0.717) is 41.4 Å². The van der Waals surface area contributed by atoms with E-state index in [2.05, 4.69) is 15.7 Å². The van der Waals surface area contributed by atoms with Gasteiger partial charge in [-0.05, 0) is 29.9 Å². The normalized spacial score (nSPS) is 16.6. The lowest BCUT2D eigenvalue weighted by molar-refractivity contribution is 0.0853. The monoisotopic (exact) mass is 460 g/mol. The molecule has 0 bridgehead atoms. The third-order valence-corrected chi connectivity index (χ3v) is 5.08. The van der Waals surface area contributed by atoms with Crippen molar-refractivity contribution in [3.8, 4) is 23.0 Å². The summed E-state index contributed by atoms with van der Waals surface area (Å²) in [4.78, 5) is 5.67. The number of benzene rings is 2. The lowest BCUT2D eigenvalue weighted by Gasteiger charge is -2.19. The van der Waals surface area contributed by atoms with Crippen molar-refractivity contribution in [3.05, 3.63) is 46.8 Å². The summed E-state index contributed by atoms with van der Waals surface area (Å²) in [5.74, 6) is 1.44. The van der Waals surface area contributed by atoms with E-state index in [0.717, 1.165) is 16.8 Å². The van der Waals surface area contributed by atoms with Crippen LogP contribution in [0.5, 0.6) is 23.0 Å². The molecule has 1 atom stereocenters. The molecular formula is C21H21FN4O5S. The van der Waals surface area contributed by atoms with Crippen LogP contribution in [0.4, 0.5) is 4.39 Å². The van der Waals surface area contributed by atoms with Gasteiger partial charge in [-0.15, -0.1) is 0 Å². The number of ether oxygens (including phenoxy) is 4. The van der Waals surface area contributed by atoms with Gasteiger partial charge >= 0.3 is 0 Å². The van der Waals surface area contributed by atoms with Crippen molar-refractivity contribution in [1.82, 2.24) is 5.43 Å². The van der Waals surface area contributed by atoms with Crippen molar-refractivity contribution in [2.45, 2.75) is 18.9 Å². The molecule has 2 heterocycles. The minimum atomic E-state index is -0.309. The van der Waals surface area contributed by atoms with Crippen molar-refractivity contribution >= 4 is 29.3 Å². The molecule has 0 unspecified atom stereocenters. The minimum Gasteiger partial charge on any atom is -0.492 e. The molecule has 32 heavy (non-hydrogen) atoms. The Bertz CT molecular complexity index is 1090. The van der Waals surface area contributed by atoms with Crippen LogP contribution < -0.4 is 30.1 Å². The zero-order chi connectivity index (χ0) is 22.7. The van der Waals surface area contributed by atoms with Crippen molar-refractivity contribution < 1.29 is 28.2 Å². The smallest absolute Gasteiger partial charge is 0.231 e. The van der Waals surface area contributed by atoms with Crippen LogP contribution in [-0.2, 0) is 11.3 Å². The summed E-state index contributed by atoms with van der Waals surface area (Å²) in [6.45, 7) is 0.0274. The summed E-state index contributed by atoms with van der Waals surface area (Å²) >= 11 is 4.81. The Kier molecular flexibility index (Phi) is 6.26. The molecule has 11 heteroatoms. The fourth-order valence-corrected chi connectivity index (χ4v) is 3.68. The van der Waals surface area contributed by atoms with Crippen LogP contribution in [0.3, 0.4) is 0 Å². The molecule has 4 rings (SSSR count). The molecule has 0 amide bonds. The van der Waals surface area contributed by atoms with E-state index >= 15 is 0 Å². The van der Waals surface area contributed by atoms with Gasteiger partial charge in [0.1, 0.15) is 11.9 Å². The van der Waals surface area contributed by atoms with Gasteiger partial charge in [-0.25, -0.2) is 4.39 Å². The molecule has 0 saturated carbocycles. The first-order valence-corrected chi connectivity index (χ1v) is 10.1. The summed E-state index contributed by atoms with van der Waals surface area (Å²) in [7, 11) is 3.06. The lowest BCUT2D eigenvalue weighted by atomic mass is 9.95. The summed E-state index contributed by atoms with van der Waals surface area (Å²) in [5.41, 5.74) is 10.9. The summed E-state index contributed by atoms with van der Waals surface area (Å²) < 4.78 is 35.7. The summed E-state index contributed by atoms with van der Waals surface area (Å²) in [6.07, 6.45) is 2.15. The Morgan fingerprint density at radius 3 is 2.66 bits per heavy atom. The number of hydrogen-bond acceptors (Lipinski definition) is 8. The largest absolute Gasteiger partial charge is 0.492 e. The number of hydrazone groups is 1. The van der Waals surface area contributed by atoms with E-state index in [9.17, 15) is 4.39 Å². The number of oxime groups is 1. The zero-order valence-corrected chi connectivity index (χ0v) is 18.2. The van der Waals surface area contributed by atoms with E-state index in [1.54, 1.807) is 12.1 Å². The lowest BCUT2D eigenvalue weighted by Crippen LogP contribution is -2.24. The highest BCUT2D eigenvalue weighted by Gasteiger charge is 2.33. The van der Waals surface area contributed by atoms with Crippen LogP contribution in [-0.4, -0.2) is 44.2 Å². The van der Waals surface area contributed by atoms with E-state index in [4.69, 9.17) is 41.7 Å². The Morgan fingerprint density at radius 2 is 1.97 bits per heavy atom. The number of methoxy groups -OCH3 is 2. The number of fused-ring (bicyclic) bond motifs is 1. The molecule has 2 aromatic carbocycles. The van der Waals surface area contributed by atoms with Gasteiger partial charge < -0.3 is 29.5 Å². The maximum Gasteiger partial charge on any atom is 0.231 e. The van der Waals surface area contributed by atoms with Gasteiger partial charge in [0.05, 0.1) is 26.1 Å². The predicted molar refractivity (Wildman–Crippen MR) is 119 cm³/mol. The molecule has 0 radical (unpaired) electrons. The quantitative estimate of drug-likeness (QED) is 0.369. The Morgan fingerprint density at radius 1 is 1.25 bits per heavy atom. The van der Waals surface area contributed by atoms with Gasteiger partial charge in [-0.2, -0.15) is 5.10 Å². The van der Waals surface area contributed by atoms with Gasteiger partial charge in [0.25, 0.3) is 0 Å². The average molecular weight is 460 g/mol. The number of nitrogens with one attached hydrogen (secondary N) is 1. The van der Waals surface area contributed by atoms with E-state index in [-0.39, 0.29) is 23.8 Å². The zero-order valence-electron chi connectivity index (χ0n) is 17.4. The number of nitrogens with zero attached hydrogens (tertiary/aromatic N) is 2. The minimum absolute atomic E-state index is 0.0218. The van der Waals surface area contributed by atoms with Crippen LogP contribution in [0.1, 0.15) is 23.1 Å². The molecule has 0 fully saturated rings. The topological polar surface area (TPSA) is 109 Å². The molecule has 2 aliphatic rings. The average Bonchev–Trinajstić information content (AvgIpc) is 3.44. The van der Waals surface area contributed by atoms with Crippen LogP contribution in [0.25, 0.3) is 0 Å². The molecule has 9 nitrogen and oxygen atoms in total. The number of hydrogen-bond donors (Lipinski definition) is 2. The van der Waals surface area contributed by atoms with Gasteiger partial charge in [0.2, 0.25) is 18.3 Å². The highest BCUT2D eigenvalue weighted by Crippen LogP contribution is 2.52. The molecule has 2 aliphatic heterocycles. The van der Waals surface area contributed by atoms with Crippen molar-refractivity contribution in [2.75, 3.05) is 21.0 Å². The number of halogens is 1. The van der Waals surface area contributed by atoms with Crippen LogP contribution >= 0.6 is 12.2 Å². The molecular weight excluding hydrogens is 439 g/mol. The Labute approximate surface area is 188 Å². The molecule has 0 saturated heterocycles. The predicted octanol–water partition coefficient (Wildman–Crippen LogP) is 2.47. The van der Waals surface area contributed by atoms with Crippen LogP contribution in [0.15, 0.2) is 34.5 Å². The van der Waals surface area contributed by atoms with Crippen LogP contribution in [0.2, 0.25) is 0 Å². The second kappa shape index (κ2) is 9.27. The number of thiocarbonyl (C=S) groups is 1. The third-order valence-electron chi connectivity index (χ3n) is 4.99. The molecule has 3 N–H and O–H groups in total. The second-order valence-electron chi connectivity index (χ2n) is 6.94. The van der Waals surface area contributed by atoms with Crippen molar-refractivity contribution in [2.24, 2.45) is 16.0 Å². The Balaban J connectivity index is 1.67. The molecule has 0 aromatic heterocycles. The standard InChI is InChI=1S/C21H21FN4O5S/c1-27-17-14(7-13-8-16(26-31-13)11-3-5-12(22)6-4-11)15(9-24-25-21(23)32)18-20(19(17)28-2)30-10-29-18/h3-6,9,13H,7-8,10H2,1-2H3,(H3,23,25,32)/b24-9-/t13-/m1/s1. The fraction of sp³-hybridized carbons (Fsp3) is 0.286. The number of rotatable bonds is 7. The second-order valence-corrected chi connectivity index (χ2v) is 7.38. The molecule has 0 spiro atoms. The maximum atomic E-state index is 13.2. The van der Waals surface area contributed by atoms with Crippen LogP contribution in [0, 0.1) is 5.82 Å². The highest BCUT2D eigenvalue weighted by atomic mass is 32.1. The van der Waals surface area contributed by atoms with E-state index < -0.39 is 0 Å².